The van der Waals surface area contributed by atoms with Crippen molar-refractivity contribution in [1.82, 2.24) is 9.80 Å². The molecule has 2 rings (SSSR count). The summed E-state index contributed by atoms with van der Waals surface area (Å²) >= 11 is 0. The van der Waals surface area contributed by atoms with Crippen LogP contribution in [0.3, 0.4) is 0 Å². The summed E-state index contributed by atoms with van der Waals surface area (Å²) in [6.45, 7) is 5.10. The first kappa shape index (κ1) is 15.9. The zero-order valence-electron chi connectivity index (χ0n) is 12.0. The molecule has 21 heavy (non-hydrogen) atoms. The average Bonchev–Trinajstić information content (AvgIpc) is 2.65. The fraction of sp³-hybridized carbons (Fsp3) is 0.533. The number of hydrogen-bond donors (Lipinski definition) is 2. The number of benzene rings is 1. The fourth-order valence-electron chi connectivity index (χ4n) is 2.64. The summed E-state index contributed by atoms with van der Waals surface area (Å²) < 4.78 is 13.7. The van der Waals surface area contributed by atoms with Crippen molar-refractivity contribution in [2.75, 3.05) is 39.3 Å². The van der Waals surface area contributed by atoms with E-state index in [4.69, 9.17) is 10.2 Å². The van der Waals surface area contributed by atoms with Gasteiger partial charge in [-0.25, -0.2) is 9.18 Å². The monoisotopic (exact) mass is 296 g/mol. The van der Waals surface area contributed by atoms with Gasteiger partial charge in [0.15, 0.2) is 0 Å². The van der Waals surface area contributed by atoms with Crippen LogP contribution in [0.4, 0.5) is 4.39 Å². The molecule has 0 atom stereocenters. The highest BCUT2D eigenvalue weighted by Crippen LogP contribution is 2.14. The van der Waals surface area contributed by atoms with E-state index in [0.29, 0.717) is 13.1 Å². The number of carbonyl (C=O) groups is 1. The molecule has 1 aliphatic rings. The molecule has 0 amide bonds. The minimum Gasteiger partial charge on any atom is -0.478 e. The number of carboxylic acid groups (broad SMARTS) is 1. The van der Waals surface area contributed by atoms with Gasteiger partial charge in [0.05, 0.1) is 12.2 Å². The Kier molecular flexibility index (Phi) is 5.67. The maximum absolute atomic E-state index is 13.7. The Morgan fingerprint density at radius 3 is 2.57 bits per heavy atom. The van der Waals surface area contributed by atoms with Crippen LogP contribution >= 0.6 is 0 Å². The third-order valence-electron chi connectivity index (χ3n) is 3.77. The van der Waals surface area contributed by atoms with Crippen LogP contribution in [0.2, 0.25) is 0 Å². The first-order chi connectivity index (χ1) is 10.1. The summed E-state index contributed by atoms with van der Waals surface area (Å²) in [7, 11) is 0. The molecule has 1 aromatic rings. The van der Waals surface area contributed by atoms with E-state index < -0.39 is 11.8 Å². The molecule has 1 fully saturated rings. The number of aliphatic hydroxyl groups excluding tert-OH is 1. The lowest BCUT2D eigenvalue weighted by molar-refractivity contribution is 0.0692. The van der Waals surface area contributed by atoms with Gasteiger partial charge in [0.25, 0.3) is 0 Å². The van der Waals surface area contributed by atoms with Crippen molar-refractivity contribution in [1.29, 1.82) is 0 Å². The normalized spacial score (nSPS) is 17.6. The van der Waals surface area contributed by atoms with Gasteiger partial charge in [0, 0.05) is 26.2 Å². The Labute approximate surface area is 123 Å². The van der Waals surface area contributed by atoms with Crippen molar-refractivity contribution in [2.24, 2.45) is 0 Å². The van der Waals surface area contributed by atoms with Gasteiger partial charge in [-0.2, -0.15) is 0 Å². The molecule has 0 radical (unpaired) electrons. The molecule has 0 bridgehead atoms. The molecule has 0 spiro atoms. The molecular formula is C15H21FN2O3. The molecule has 1 aliphatic heterocycles. The van der Waals surface area contributed by atoms with E-state index in [9.17, 15) is 9.18 Å². The number of carboxylic acids is 1. The Morgan fingerprint density at radius 1 is 1.19 bits per heavy atom. The van der Waals surface area contributed by atoms with Crippen LogP contribution in [0.15, 0.2) is 18.2 Å². The van der Waals surface area contributed by atoms with Crippen LogP contribution in [0, 0.1) is 5.82 Å². The number of nitrogens with zero attached hydrogens (tertiary/aromatic N) is 2. The van der Waals surface area contributed by atoms with Crippen LogP contribution in [0.25, 0.3) is 0 Å². The molecule has 0 aromatic heterocycles. The summed E-state index contributed by atoms with van der Waals surface area (Å²) in [5, 5.41) is 17.8. The average molecular weight is 296 g/mol. The number of hydrogen-bond acceptors (Lipinski definition) is 4. The van der Waals surface area contributed by atoms with E-state index in [1.165, 1.54) is 12.1 Å². The second kappa shape index (κ2) is 7.49. The molecular weight excluding hydrogens is 275 g/mol. The maximum Gasteiger partial charge on any atom is 0.338 e. The van der Waals surface area contributed by atoms with E-state index in [-0.39, 0.29) is 12.2 Å². The van der Waals surface area contributed by atoms with E-state index >= 15 is 0 Å². The van der Waals surface area contributed by atoms with Crippen LogP contribution in [-0.4, -0.2) is 65.3 Å². The molecule has 0 aliphatic carbocycles. The van der Waals surface area contributed by atoms with Gasteiger partial charge in [0.1, 0.15) is 5.82 Å². The van der Waals surface area contributed by atoms with E-state index in [1.54, 1.807) is 6.07 Å². The molecule has 6 heteroatoms. The predicted octanol–water partition coefficient (Wildman–Crippen LogP) is 1.02. The molecule has 1 aromatic carbocycles. The zero-order chi connectivity index (χ0) is 15.2. The summed E-state index contributed by atoms with van der Waals surface area (Å²) in [6, 6.07) is 4.30. The molecule has 0 saturated carbocycles. The topological polar surface area (TPSA) is 64.0 Å². The third-order valence-corrected chi connectivity index (χ3v) is 3.77. The SMILES string of the molecule is O=C(O)c1ccc(CN2CCCN(CCO)CC2)cc1F. The molecule has 1 saturated heterocycles. The van der Waals surface area contributed by atoms with Gasteiger partial charge >= 0.3 is 5.97 Å². The van der Waals surface area contributed by atoms with Gasteiger partial charge in [0.2, 0.25) is 0 Å². The first-order valence-electron chi connectivity index (χ1n) is 7.17. The van der Waals surface area contributed by atoms with E-state index in [0.717, 1.165) is 38.2 Å². The Morgan fingerprint density at radius 2 is 1.90 bits per heavy atom. The Hall–Kier alpha value is -1.50. The summed E-state index contributed by atoms with van der Waals surface area (Å²) in [5.41, 5.74) is 0.497. The number of aromatic carboxylic acids is 1. The van der Waals surface area contributed by atoms with Crippen LogP contribution < -0.4 is 0 Å². The quantitative estimate of drug-likeness (QED) is 0.849. The lowest BCUT2D eigenvalue weighted by Crippen LogP contribution is -2.32. The summed E-state index contributed by atoms with van der Waals surface area (Å²) in [5.74, 6) is -1.93. The fourth-order valence-corrected chi connectivity index (χ4v) is 2.64. The molecule has 116 valence electrons. The van der Waals surface area contributed by atoms with E-state index in [1.807, 2.05) is 0 Å². The first-order valence-corrected chi connectivity index (χ1v) is 7.17. The van der Waals surface area contributed by atoms with Crippen LogP contribution in [-0.2, 0) is 6.54 Å². The second-order valence-electron chi connectivity index (χ2n) is 5.31. The summed E-state index contributed by atoms with van der Waals surface area (Å²) in [4.78, 5) is 15.2. The van der Waals surface area contributed by atoms with Gasteiger partial charge in [-0.05, 0) is 37.2 Å². The minimum absolute atomic E-state index is 0.169. The Balaban J connectivity index is 1.95. The zero-order valence-corrected chi connectivity index (χ0v) is 12.0. The maximum atomic E-state index is 13.7. The van der Waals surface area contributed by atoms with Crippen molar-refractivity contribution in [3.8, 4) is 0 Å². The highest BCUT2D eigenvalue weighted by molar-refractivity contribution is 5.87. The third kappa shape index (κ3) is 4.49. The molecule has 0 unspecified atom stereocenters. The lowest BCUT2D eigenvalue weighted by atomic mass is 10.1. The van der Waals surface area contributed by atoms with Gasteiger partial charge < -0.3 is 10.2 Å². The predicted molar refractivity (Wildman–Crippen MR) is 76.8 cm³/mol. The highest BCUT2D eigenvalue weighted by atomic mass is 19.1. The number of β-amino-alcohol motifs (C(OH)–C–C–N with tert-alkyl or cyclic N) is 1. The number of rotatable bonds is 5. The van der Waals surface area contributed by atoms with Crippen molar-refractivity contribution >= 4 is 5.97 Å². The molecule has 1 heterocycles. The number of halogens is 1. The standard InChI is InChI=1S/C15H21FN2O3/c16-14-10-12(2-3-13(14)15(20)21)11-18-5-1-4-17(6-7-18)8-9-19/h2-3,10,19H,1,4-9,11H2,(H,20,21). The van der Waals surface area contributed by atoms with Gasteiger partial charge in [-0.15, -0.1) is 0 Å². The highest BCUT2D eigenvalue weighted by Gasteiger charge is 2.16. The molecule has 2 N–H and O–H groups in total. The van der Waals surface area contributed by atoms with Gasteiger partial charge in [-0.1, -0.05) is 6.07 Å². The van der Waals surface area contributed by atoms with Crippen LogP contribution in [0.5, 0.6) is 0 Å². The van der Waals surface area contributed by atoms with Crippen molar-refractivity contribution < 1.29 is 19.4 Å². The van der Waals surface area contributed by atoms with Crippen molar-refractivity contribution in [2.45, 2.75) is 13.0 Å². The Bertz CT molecular complexity index is 496. The van der Waals surface area contributed by atoms with Crippen molar-refractivity contribution in [3.05, 3.63) is 35.1 Å². The van der Waals surface area contributed by atoms with Gasteiger partial charge in [-0.3, -0.25) is 9.80 Å². The van der Waals surface area contributed by atoms with Crippen molar-refractivity contribution in [3.63, 3.8) is 0 Å². The largest absolute Gasteiger partial charge is 0.478 e. The van der Waals surface area contributed by atoms with Crippen LogP contribution in [0.1, 0.15) is 22.3 Å². The molecule has 5 nitrogen and oxygen atoms in total. The minimum atomic E-state index is -1.24. The van der Waals surface area contributed by atoms with E-state index in [2.05, 4.69) is 9.80 Å². The summed E-state index contributed by atoms with van der Waals surface area (Å²) in [6.07, 6.45) is 1.01. The second-order valence-corrected chi connectivity index (χ2v) is 5.31. The number of aliphatic hydroxyl groups is 1. The lowest BCUT2D eigenvalue weighted by Gasteiger charge is -2.21. The smallest absolute Gasteiger partial charge is 0.338 e.